The second-order valence-corrected chi connectivity index (χ2v) is 8.37. The SMILES string of the molecule is O=c1[nH]c(N2CCC(Cc3ccccc3)CC2)nc2nccc(-c3cccc([N+](=O)[O-])c3)c12. The van der Waals surface area contributed by atoms with Gasteiger partial charge in [0.1, 0.15) is 0 Å². The van der Waals surface area contributed by atoms with Crippen LogP contribution in [0, 0.1) is 16.0 Å². The van der Waals surface area contributed by atoms with Gasteiger partial charge in [-0.25, -0.2) is 4.98 Å². The summed E-state index contributed by atoms with van der Waals surface area (Å²) < 4.78 is 0. The molecule has 1 aliphatic rings. The molecule has 0 bridgehead atoms. The van der Waals surface area contributed by atoms with Gasteiger partial charge in [0.15, 0.2) is 5.65 Å². The standard InChI is InChI=1S/C25H23N5O3/c31-24-22-21(19-7-4-8-20(16-19)30(32)33)9-12-26-23(22)27-25(28-24)29-13-10-18(11-14-29)15-17-5-2-1-3-6-17/h1-9,12,16,18H,10-11,13-15H2,(H,26,27,28,31). The van der Waals surface area contributed by atoms with Crippen molar-refractivity contribution in [1.29, 1.82) is 0 Å². The molecule has 0 spiro atoms. The molecule has 0 amide bonds. The summed E-state index contributed by atoms with van der Waals surface area (Å²) in [6, 6.07) is 18.4. The summed E-state index contributed by atoms with van der Waals surface area (Å²) in [5, 5.41) is 11.5. The third kappa shape index (κ3) is 4.32. The molecule has 1 fully saturated rings. The Morgan fingerprint density at radius 1 is 1.06 bits per heavy atom. The topological polar surface area (TPSA) is 105 Å². The molecule has 8 heteroatoms. The van der Waals surface area contributed by atoms with Gasteiger partial charge < -0.3 is 4.90 Å². The van der Waals surface area contributed by atoms with Crippen molar-refractivity contribution in [3.05, 3.63) is 92.9 Å². The number of fused-ring (bicyclic) bond motifs is 1. The quantitative estimate of drug-likeness (QED) is 0.365. The fraction of sp³-hybridized carbons (Fsp3) is 0.240. The van der Waals surface area contributed by atoms with Gasteiger partial charge in [0.25, 0.3) is 11.2 Å². The van der Waals surface area contributed by atoms with Crippen molar-refractivity contribution in [3.63, 3.8) is 0 Å². The van der Waals surface area contributed by atoms with Crippen LogP contribution in [0.5, 0.6) is 0 Å². The van der Waals surface area contributed by atoms with Crippen molar-refractivity contribution < 1.29 is 4.92 Å². The summed E-state index contributed by atoms with van der Waals surface area (Å²) in [5.41, 5.74) is 2.52. The third-order valence-corrected chi connectivity index (χ3v) is 6.24. The number of nitrogens with one attached hydrogen (secondary N) is 1. The average molecular weight is 441 g/mol. The van der Waals surface area contributed by atoms with Gasteiger partial charge in [-0.15, -0.1) is 0 Å². The molecule has 0 radical (unpaired) electrons. The number of anilines is 1. The number of non-ortho nitro benzene ring substituents is 1. The number of nitrogens with zero attached hydrogens (tertiary/aromatic N) is 4. The fourth-order valence-corrected chi connectivity index (χ4v) is 4.53. The number of aromatic amines is 1. The molecule has 166 valence electrons. The van der Waals surface area contributed by atoms with E-state index in [1.165, 1.54) is 17.7 Å². The highest BCUT2D eigenvalue weighted by Gasteiger charge is 2.22. The van der Waals surface area contributed by atoms with Crippen LogP contribution in [0.3, 0.4) is 0 Å². The van der Waals surface area contributed by atoms with E-state index in [-0.39, 0.29) is 11.2 Å². The molecular formula is C25H23N5O3. The molecule has 0 saturated carbocycles. The molecule has 5 rings (SSSR count). The lowest BCUT2D eigenvalue weighted by molar-refractivity contribution is -0.384. The van der Waals surface area contributed by atoms with Crippen molar-refractivity contribution in [2.75, 3.05) is 18.0 Å². The Labute approximate surface area is 190 Å². The zero-order valence-electron chi connectivity index (χ0n) is 18.0. The van der Waals surface area contributed by atoms with Crippen LogP contribution in [-0.4, -0.2) is 33.0 Å². The highest BCUT2D eigenvalue weighted by atomic mass is 16.6. The monoisotopic (exact) mass is 441 g/mol. The minimum absolute atomic E-state index is 0.0307. The molecule has 33 heavy (non-hydrogen) atoms. The summed E-state index contributed by atoms with van der Waals surface area (Å²) >= 11 is 0. The van der Waals surface area contributed by atoms with E-state index in [0.29, 0.717) is 34.0 Å². The third-order valence-electron chi connectivity index (χ3n) is 6.24. The Bertz CT molecular complexity index is 1360. The van der Waals surface area contributed by atoms with Crippen LogP contribution in [0.25, 0.3) is 22.2 Å². The maximum atomic E-state index is 13.1. The van der Waals surface area contributed by atoms with E-state index in [9.17, 15) is 14.9 Å². The van der Waals surface area contributed by atoms with Gasteiger partial charge in [-0.1, -0.05) is 42.5 Å². The van der Waals surface area contributed by atoms with Gasteiger partial charge in [0.2, 0.25) is 5.95 Å². The van der Waals surface area contributed by atoms with Gasteiger partial charge in [-0.05, 0) is 42.4 Å². The molecular weight excluding hydrogens is 418 g/mol. The number of nitro benzene ring substituents is 1. The first-order valence-electron chi connectivity index (χ1n) is 11.0. The number of pyridine rings is 1. The first-order valence-corrected chi connectivity index (χ1v) is 11.0. The molecule has 4 aromatic rings. The lowest BCUT2D eigenvalue weighted by Gasteiger charge is -2.32. The number of piperidine rings is 1. The zero-order valence-corrected chi connectivity index (χ0v) is 18.0. The number of hydrogen-bond donors (Lipinski definition) is 1. The Kier molecular flexibility index (Phi) is 5.56. The second-order valence-electron chi connectivity index (χ2n) is 8.37. The molecule has 0 atom stereocenters. The molecule has 1 aliphatic heterocycles. The minimum atomic E-state index is -0.450. The minimum Gasteiger partial charge on any atom is -0.342 e. The predicted molar refractivity (Wildman–Crippen MR) is 127 cm³/mol. The lowest BCUT2D eigenvalue weighted by Crippen LogP contribution is -2.36. The van der Waals surface area contributed by atoms with Crippen LogP contribution >= 0.6 is 0 Å². The fourth-order valence-electron chi connectivity index (χ4n) is 4.53. The van der Waals surface area contributed by atoms with Crippen LogP contribution in [0.2, 0.25) is 0 Å². The van der Waals surface area contributed by atoms with E-state index in [4.69, 9.17) is 0 Å². The van der Waals surface area contributed by atoms with Gasteiger partial charge in [0.05, 0.1) is 10.3 Å². The van der Waals surface area contributed by atoms with Crippen molar-refractivity contribution in [1.82, 2.24) is 15.0 Å². The molecule has 2 aromatic carbocycles. The van der Waals surface area contributed by atoms with Gasteiger partial charge >= 0.3 is 0 Å². The van der Waals surface area contributed by atoms with Crippen LogP contribution in [0.1, 0.15) is 18.4 Å². The van der Waals surface area contributed by atoms with Crippen molar-refractivity contribution in [2.24, 2.45) is 5.92 Å². The normalized spacial score (nSPS) is 14.5. The van der Waals surface area contributed by atoms with Crippen LogP contribution in [0.15, 0.2) is 71.7 Å². The van der Waals surface area contributed by atoms with E-state index in [1.807, 2.05) is 6.07 Å². The van der Waals surface area contributed by atoms with Crippen molar-refractivity contribution in [3.8, 4) is 11.1 Å². The van der Waals surface area contributed by atoms with E-state index in [0.717, 1.165) is 32.4 Å². The molecule has 0 unspecified atom stereocenters. The number of rotatable bonds is 5. The van der Waals surface area contributed by atoms with E-state index in [1.54, 1.807) is 24.4 Å². The smallest absolute Gasteiger partial charge is 0.270 e. The van der Waals surface area contributed by atoms with E-state index in [2.05, 4.69) is 44.1 Å². The Morgan fingerprint density at radius 2 is 1.85 bits per heavy atom. The first kappa shape index (κ1) is 20.8. The van der Waals surface area contributed by atoms with E-state index < -0.39 is 4.92 Å². The number of hydrogen-bond acceptors (Lipinski definition) is 6. The molecule has 3 heterocycles. The number of aromatic nitrogens is 3. The van der Waals surface area contributed by atoms with Gasteiger partial charge in [-0.3, -0.25) is 19.9 Å². The highest BCUT2D eigenvalue weighted by Crippen LogP contribution is 2.29. The lowest BCUT2D eigenvalue weighted by atomic mass is 9.90. The van der Waals surface area contributed by atoms with Crippen LogP contribution in [0.4, 0.5) is 11.6 Å². The summed E-state index contributed by atoms with van der Waals surface area (Å²) in [4.78, 5) is 37.8. The molecule has 1 N–H and O–H groups in total. The summed E-state index contributed by atoms with van der Waals surface area (Å²) in [7, 11) is 0. The van der Waals surface area contributed by atoms with Crippen molar-refractivity contribution in [2.45, 2.75) is 19.3 Å². The number of H-pyrrole nitrogens is 1. The Balaban J connectivity index is 1.40. The summed E-state index contributed by atoms with van der Waals surface area (Å²) in [5.74, 6) is 1.13. The Morgan fingerprint density at radius 3 is 2.61 bits per heavy atom. The molecule has 2 aromatic heterocycles. The zero-order chi connectivity index (χ0) is 22.8. The largest absolute Gasteiger partial charge is 0.342 e. The van der Waals surface area contributed by atoms with Gasteiger partial charge in [0, 0.05) is 37.0 Å². The highest BCUT2D eigenvalue weighted by molar-refractivity contribution is 5.92. The van der Waals surface area contributed by atoms with E-state index >= 15 is 0 Å². The number of nitro groups is 1. The maximum Gasteiger partial charge on any atom is 0.270 e. The molecule has 8 nitrogen and oxygen atoms in total. The van der Waals surface area contributed by atoms with Crippen LogP contribution in [-0.2, 0) is 6.42 Å². The number of benzene rings is 2. The summed E-state index contributed by atoms with van der Waals surface area (Å²) in [6.07, 6.45) is 4.69. The molecule has 0 aliphatic carbocycles. The van der Waals surface area contributed by atoms with Crippen molar-refractivity contribution >= 4 is 22.7 Å². The predicted octanol–water partition coefficient (Wildman–Crippen LogP) is 4.35. The molecule has 1 saturated heterocycles. The first-order chi connectivity index (χ1) is 16.1. The average Bonchev–Trinajstić information content (AvgIpc) is 2.85. The second kappa shape index (κ2) is 8.82. The maximum absolute atomic E-state index is 13.1. The van der Waals surface area contributed by atoms with Gasteiger partial charge in [-0.2, -0.15) is 4.98 Å². The summed E-state index contributed by atoms with van der Waals surface area (Å²) in [6.45, 7) is 1.63. The Hall–Kier alpha value is -4.07. The van der Waals surface area contributed by atoms with Crippen LogP contribution < -0.4 is 10.5 Å².